The molecule has 1 aliphatic rings. The van der Waals surface area contributed by atoms with Crippen molar-refractivity contribution in [1.82, 2.24) is 4.90 Å². The number of methoxy groups -OCH3 is 2. The standard InChI is InChI=1S/C17H27NO3/c1-20-13-15-10-14(7-8-17(15)21-2)11-18-9-5-3-4-6-16(18)12-19/h7-8,10,16,19H,3-6,9,11-13H2,1-2H3/t16-/m1/s1. The van der Waals surface area contributed by atoms with Gasteiger partial charge < -0.3 is 14.6 Å². The minimum atomic E-state index is 0.251. The predicted octanol–water partition coefficient (Wildman–Crippen LogP) is 2.58. The fourth-order valence-corrected chi connectivity index (χ4v) is 3.08. The molecule has 0 radical (unpaired) electrons. The zero-order chi connectivity index (χ0) is 15.1. The number of nitrogens with zero attached hydrogens (tertiary/aromatic N) is 1. The van der Waals surface area contributed by atoms with Crippen LogP contribution in [0.1, 0.15) is 36.8 Å². The third-order valence-electron chi connectivity index (χ3n) is 4.24. The van der Waals surface area contributed by atoms with Gasteiger partial charge in [-0.25, -0.2) is 0 Å². The van der Waals surface area contributed by atoms with Gasteiger partial charge >= 0.3 is 0 Å². The molecule has 1 heterocycles. The molecule has 4 heteroatoms. The van der Waals surface area contributed by atoms with E-state index in [2.05, 4.69) is 17.0 Å². The molecule has 1 aliphatic heterocycles. The molecule has 0 amide bonds. The molecular formula is C17H27NO3. The molecule has 1 fully saturated rings. The summed E-state index contributed by atoms with van der Waals surface area (Å²) < 4.78 is 10.6. The van der Waals surface area contributed by atoms with E-state index in [-0.39, 0.29) is 6.61 Å². The number of ether oxygens (including phenoxy) is 2. The van der Waals surface area contributed by atoms with Gasteiger partial charge in [-0.3, -0.25) is 4.90 Å². The summed E-state index contributed by atoms with van der Waals surface area (Å²) in [6, 6.07) is 6.56. The van der Waals surface area contributed by atoms with Crippen molar-refractivity contribution in [2.45, 2.75) is 44.9 Å². The summed E-state index contributed by atoms with van der Waals surface area (Å²) in [4.78, 5) is 2.41. The molecule has 1 atom stereocenters. The highest BCUT2D eigenvalue weighted by Gasteiger charge is 2.20. The summed E-state index contributed by atoms with van der Waals surface area (Å²) in [6.45, 7) is 2.75. The van der Waals surface area contributed by atoms with Crippen LogP contribution < -0.4 is 4.74 Å². The lowest BCUT2D eigenvalue weighted by atomic mass is 10.1. The van der Waals surface area contributed by atoms with Crippen LogP contribution in [0, 0.1) is 0 Å². The normalized spacial score (nSPS) is 20.2. The monoisotopic (exact) mass is 293 g/mol. The fraction of sp³-hybridized carbons (Fsp3) is 0.647. The lowest BCUT2D eigenvalue weighted by Crippen LogP contribution is -2.36. The van der Waals surface area contributed by atoms with Gasteiger partial charge in [0.25, 0.3) is 0 Å². The Bertz CT molecular complexity index is 436. The van der Waals surface area contributed by atoms with E-state index in [9.17, 15) is 5.11 Å². The van der Waals surface area contributed by atoms with Crippen LogP contribution in [0.25, 0.3) is 0 Å². The highest BCUT2D eigenvalue weighted by Crippen LogP contribution is 2.24. The summed E-state index contributed by atoms with van der Waals surface area (Å²) in [5, 5.41) is 9.60. The maximum atomic E-state index is 9.60. The van der Waals surface area contributed by atoms with Crippen LogP contribution >= 0.6 is 0 Å². The van der Waals surface area contributed by atoms with Gasteiger partial charge in [-0.2, -0.15) is 0 Å². The van der Waals surface area contributed by atoms with Gasteiger partial charge in [0.1, 0.15) is 5.75 Å². The molecule has 118 valence electrons. The number of aliphatic hydroxyl groups excluding tert-OH is 1. The Morgan fingerprint density at radius 2 is 2.10 bits per heavy atom. The summed E-state index contributed by atoms with van der Waals surface area (Å²) in [5.41, 5.74) is 2.33. The second kappa shape index (κ2) is 8.37. The average molecular weight is 293 g/mol. The Balaban J connectivity index is 2.11. The molecule has 4 nitrogen and oxygen atoms in total. The molecule has 0 saturated carbocycles. The third kappa shape index (κ3) is 4.43. The zero-order valence-corrected chi connectivity index (χ0v) is 13.2. The van der Waals surface area contributed by atoms with Crippen molar-refractivity contribution in [3.63, 3.8) is 0 Å². The van der Waals surface area contributed by atoms with E-state index < -0.39 is 0 Å². The molecule has 0 aliphatic carbocycles. The summed E-state index contributed by atoms with van der Waals surface area (Å²) in [7, 11) is 3.38. The van der Waals surface area contributed by atoms with Gasteiger partial charge in [0.2, 0.25) is 0 Å². The van der Waals surface area contributed by atoms with E-state index in [1.807, 2.05) is 6.07 Å². The SMILES string of the molecule is COCc1cc(CN2CCCCC[C@@H]2CO)ccc1OC. The smallest absolute Gasteiger partial charge is 0.124 e. The van der Waals surface area contributed by atoms with E-state index in [1.54, 1.807) is 14.2 Å². The van der Waals surface area contributed by atoms with Crippen molar-refractivity contribution in [1.29, 1.82) is 0 Å². The van der Waals surface area contributed by atoms with Crippen molar-refractivity contribution in [2.75, 3.05) is 27.4 Å². The Kier molecular flexibility index (Phi) is 6.49. The Morgan fingerprint density at radius 3 is 2.81 bits per heavy atom. The van der Waals surface area contributed by atoms with Crippen molar-refractivity contribution in [3.8, 4) is 5.75 Å². The molecule has 21 heavy (non-hydrogen) atoms. The van der Waals surface area contributed by atoms with E-state index in [4.69, 9.17) is 9.47 Å². The second-order valence-electron chi connectivity index (χ2n) is 5.74. The van der Waals surface area contributed by atoms with Gasteiger partial charge in [-0.1, -0.05) is 18.9 Å². The largest absolute Gasteiger partial charge is 0.496 e. The van der Waals surface area contributed by atoms with Crippen LogP contribution in [0.3, 0.4) is 0 Å². The van der Waals surface area contributed by atoms with Crippen molar-refractivity contribution in [2.24, 2.45) is 0 Å². The van der Waals surface area contributed by atoms with Gasteiger partial charge in [-0.15, -0.1) is 0 Å². The third-order valence-corrected chi connectivity index (χ3v) is 4.24. The molecule has 0 spiro atoms. The van der Waals surface area contributed by atoms with Crippen LogP contribution in [0.5, 0.6) is 5.75 Å². The van der Waals surface area contributed by atoms with Crippen molar-refractivity contribution >= 4 is 0 Å². The number of benzene rings is 1. The van der Waals surface area contributed by atoms with E-state index in [0.29, 0.717) is 12.6 Å². The highest BCUT2D eigenvalue weighted by molar-refractivity contribution is 5.37. The van der Waals surface area contributed by atoms with E-state index in [1.165, 1.54) is 24.8 Å². The molecule has 1 N–H and O–H groups in total. The Hall–Kier alpha value is -1.10. The predicted molar refractivity (Wildman–Crippen MR) is 83.5 cm³/mol. The minimum absolute atomic E-state index is 0.251. The van der Waals surface area contributed by atoms with Crippen molar-refractivity contribution in [3.05, 3.63) is 29.3 Å². The van der Waals surface area contributed by atoms with Gasteiger partial charge in [0.15, 0.2) is 0 Å². The Labute approximate surface area is 127 Å². The molecule has 1 saturated heterocycles. The molecule has 0 aromatic heterocycles. The van der Waals surface area contributed by atoms with Gasteiger partial charge in [0, 0.05) is 25.3 Å². The maximum Gasteiger partial charge on any atom is 0.124 e. The van der Waals surface area contributed by atoms with E-state index >= 15 is 0 Å². The number of hydrogen-bond donors (Lipinski definition) is 1. The van der Waals surface area contributed by atoms with Crippen molar-refractivity contribution < 1.29 is 14.6 Å². The van der Waals surface area contributed by atoms with Gasteiger partial charge in [0.05, 0.1) is 20.3 Å². The molecule has 1 aromatic carbocycles. The first-order valence-electron chi connectivity index (χ1n) is 7.78. The minimum Gasteiger partial charge on any atom is -0.496 e. The lowest BCUT2D eigenvalue weighted by molar-refractivity contribution is 0.118. The van der Waals surface area contributed by atoms with Crippen LogP contribution in [-0.4, -0.2) is 43.4 Å². The maximum absolute atomic E-state index is 9.60. The first-order valence-corrected chi connectivity index (χ1v) is 7.78. The topological polar surface area (TPSA) is 41.9 Å². The van der Waals surface area contributed by atoms with Crippen LogP contribution in [0.2, 0.25) is 0 Å². The Morgan fingerprint density at radius 1 is 1.24 bits per heavy atom. The molecular weight excluding hydrogens is 266 g/mol. The molecule has 0 bridgehead atoms. The van der Waals surface area contributed by atoms with E-state index in [0.717, 1.165) is 30.8 Å². The highest BCUT2D eigenvalue weighted by atomic mass is 16.5. The summed E-state index contributed by atoms with van der Waals surface area (Å²) >= 11 is 0. The first kappa shape index (κ1) is 16.3. The number of aliphatic hydroxyl groups is 1. The first-order chi connectivity index (χ1) is 10.3. The summed E-state index contributed by atoms with van der Waals surface area (Å²) in [5.74, 6) is 0.871. The average Bonchev–Trinajstić information content (AvgIpc) is 2.73. The summed E-state index contributed by atoms with van der Waals surface area (Å²) in [6.07, 6.45) is 4.80. The number of likely N-dealkylation sites (tertiary alicyclic amines) is 1. The number of hydrogen-bond acceptors (Lipinski definition) is 4. The quantitative estimate of drug-likeness (QED) is 0.875. The fourth-order valence-electron chi connectivity index (χ4n) is 3.08. The van der Waals surface area contributed by atoms with Crippen LogP contribution in [0.15, 0.2) is 18.2 Å². The number of rotatable bonds is 6. The van der Waals surface area contributed by atoms with Crippen LogP contribution in [0.4, 0.5) is 0 Å². The van der Waals surface area contributed by atoms with Gasteiger partial charge in [-0.05, 0) is 37.1 Å². The zero-order valence-electron chi connectivity index (χ0n) is 13.2. The molecule has 0 unspecified atom stereocenters. The van der Waals surface area contributed by atoms with Crippen LogP contribution in [-0.2, 0) is 17.9 Å². The molecule has 1 aromatic rings. The molecule has 2 rings (SSSR count). The lowest BCUT2D eigenvalue weighted by Gasteiger charge is -2.28. The second-order valence-corrected chi connectivity index (χ2v) is 5.74.